The van der Waals surface area contributed by atoms with Gasteiger partial charge >= 0.3 is 0 Å². The second kappa shape index (κ2) is 6.39. The smallest absolute Gasteiger partial charge is 0.240 e. The molecule has 5 nitrogen and oxygen atoms in total. The van der Waals surface area contributed by atoms with Crippen molar-refractivity contribution in [2.24, 2.45) is 0 Å². The van der Waals surface area contributed by atoms with E-state index in [-0.39, 0.29) is 22.1 Å². The van der Waals surface area contributed by atoms with Crippen LogP contribution >= 0.6 is 0 Å². The van der Waals surface area contributed by atoms with E-state index in [2.05, 4.69) is 9.62 Å². The summed E-state index contributed by atoms with van der Waals surface area (Å²) in [5.41, 5.74) is 0.202. The van der Waals surface area contributed by atoms with Crippen molar-refractivity contribution in [3.8, 4) is 0 Å². The summed E-state index contributed by atoms with van der Waals surface area (Å²) in [4.78, 5) is 2.11. The Morgan fingerprint density at radius 2 is 2.19 bits per heavy atom. The van der Waals surface area contributed by atoms with Crippen LogP contribution in [-0.2, 0) is 16.6 Å². The van der Waals surface area contributed by atoms with E-state index >= 15 is 0 Å². The van der Waals surface area contributed by atoms with Gasteiger partial charge in [-0.05, 0) is 51.1 Å². The van der Waals surface area contributed by atoms with Crippen molar-refractivity contribution in [2.75, 3.05) is 20.1 Å². The standard InChI is InChI=1S/C14H21FN2O3S/c1-10-6-13(7-11(9-18)14(10)15)21(19,20)16-8-12-4-3-5-17(12)2/h6-7,12,16,18H,3-5,8-9H2,1-2H3. The molecule has 7 heteroatoms. The molecular weight excluding hydrogens is 295 g/mol. The summed E-state index contributed by atoms with van der Waals surface area (Å²) in [5.74, 6) is -0.563. The SMILES string of the molecule is Cc1cc(S(=O)(=O)NCC2CCCN2C)cc(CO)c1F. The summed E-state index contributed by atoms with van der Waals surface area (Å²) in [5, 5.41) is 9.11. The van der Waals surface area contributed by atoms with Crippen molar-refractivity contribution < 1.29 is 17.9 Å². The molecule has 1 aliphatic rings. The highest BCUT2D eigenvalue weighted by atomic mass is 32.2. The molecule has 1 aliphatic heterocycles. The second-order valence-electron chi connectivity index (χ2n) is 5.50. The van der Waals surface area contributed by atoms with Gasteiger partial charge < -0.3 is 10.0 Å². The average molecular weight is 316 g/mol. The first kappa shape index (κ1) is 16.4. The molecule has 1 atom stereocenters. The minimum Gasteiger partial charge on any atom is -0.392 e. The number of nitrogens with one attached hydrogen (secondary N) is 1. The van der Waals surface area contributed by atoms with Crippen molar-refractivity contribution in [1.29, 1.82) is 0 Å². The van der Waals surface area contributed by atoms with Gasteiger partial charge in [0.25, 0.3) is 0 Å². The van der Waals surface area contributed by atoms with Gasteiger partial charge in [-0.1, -0.05) is 0 Å². The van der Waals surface area contributed by atoms with E-state index in [1.54, 1.807) is 0 Å². The molecule has 118 valence electrons. The number of nitrogens with zero attached hydrogens (tertiary/aromatic N) is 1. The maximum atomic E-state index is 13.7. The molecule has 0 spiro atoms. The van der Waals surface area contributed by atoms with E-state index in [0.29, 0.717) is 6.54 Å². The zero-order valence-electron chi connectivity index (χ0n) is 12.3. The van der Waals surface area contributed by atoms with Gasteiger partial charge in [0, 0.05) is 18.2 Å². The molecule has 2 N–H and O–H groups in total. The van der Waals surface area contributed by atoms with Crippen LogP contribution in [0, 0.1) is 12.7 Å². The van der Waals surface area contributed by atoms with Crippen LogP contribution in [0.4, 0.5) is 4.39 Å². The number of aryl methyl sites for hydroxylation is 1. The fraction of sp³-hybridized carbons (Fsp3) is 0.571. The maximum Gasteiger partial charge on any atom is 0.240 e. The number of hydrogen-bond acceptors (Lipinski definition) is 4. The molecule has 1 aromatic carbocycles. The average Bonchev–Trinajstić information content (AvgIpc) is 2.85. The maximum absolute atomic E-state index is 13.7. The van der Waals surface area contributed by atoms with Gasteiger partial charge in [0.1, 0.15) is 5.82 Å². The summed E-state index contributed by atoms with van der Waals surface area (Å²) < 4.78 is 40.8. The van der Waals surface area contributed by atoms with Gasteiger partial charge in [-0.3, -0.25) is 0 Å². The van der Waals surface area contributed by atoms with Gasteiger partial charge in [0.15, 0.2) is 0 Å². The third-order valence-corrected chi connectivity index (χ3v) is 5.37. The number of likely N-dealkylation sites (tertiary alicyclic amines) is 1. The molecule has 1 aromatic rings. The van der Waals surface area contributed by atoms with Crippen molar-refractivity contribution in [2.45, 2.75) is 37.3 Å². The Hall–Kier alpha value is -1.02. The largest absolute Gasteiger partial charge is 0.392 e. The lowest BCUT2D eigenvalue weighted by Crippen LogP contribution is -2.38. The molecule has 21 heavy (non-hydrogen) atoms. The Bertz CT molecular complexity index is 619. The van der Waals surface area contributed by atoms with Crippen molar-refractivity contribution in [3.63, 3.8) is 0 Å². The first-order valence-electron chi connectivity index (χ1n) is 6.95. The van der Waals surface area contributed by atoms with E-state index in [1.807, 2.05) is 7.05 Å². The highest BCUT2D eigenvalue weighted by Crippen LogP contribution is 2.20. The van der Waals surface area contributed by atoms with Gasteiger partial charge in [-0.25, -0.2) is 17.5 Å². The van der Waals surface area contributed by atoms with E-state index in [1.165, 1.54) is 19.1 Å². The first-order valence-corrected chi connectivity index (χ1v) is 8.43. The van der Waals surface area contributed by atoms with Crippen LogP contribution in [0.5, 0.6) is 0 Å². The minimum absolute atomic E-state index is 0.00615. The molecule has 1 unspecified atom stereocenters. The Balaban J connectivity index is 2.17. The molecular formula is C14H21FN2O3S. The van der Waals surface area contributed by atoms with Crippen molar-refractivity contribution >= 4 is 10.0 Å². The van der Waals surface area contributed by atoms with Crippen LogP contribution in [0.15, 0.2) is 17.0 Å². The zero-order chi connectivity index (χ0) is 15.6. The summed E-state index contributed by atoms with van der Waals surface area (Å²) in [7, 11) is -1.73. The van der Waals surface area contributed by atoms with Crippen LogP contribution in [0.2, 0.25) is 0 Å². The van der Waals surface area contributed by atoms with Crippen molar-refractivity contribution in [1.82, 2.24) is 9.62 Å². The highest BCUT2D eigenvalue weighted by molar-refractivity contribution is 7.89. The molecule has 1 fully saturated rings. The summed E-state index contributed by atoms with van der Waals surface area (Å²) in [6.07, 6.45) is 2.02. The fourth-order valence-electron chi connectivity index (χ4n) is 2.60. The molecule has 2 rings (SSSR count). The number of aliphatic hydroxyl groups is 1. The van der Waals surface area contributed by atoms with E-state index in [0.717, 1.165) is 19.4 Å². The van der Waals surface area contributed by atoms with E-state index < -0.39 is 22.4 Å². The predicted molar refractivity (Wildman–Crippen MR) is 77.9 cm³/mol. The Labute approximate surface area is 124 Å². The zero-order valence-corrected chi connectivity index (χ0v) is 13.1. The molecule has 0 saturated carbocycles. The highest BCUT2D eigenvalue weighted by Gasteiger charge is 2.24. The number of sulfonamides is 1. The fourth-order valence-corrected chi connectivity index (χ4v) is 3.81. The third kappa shape index (κ3) is 3.60. The number of halogens is 1. The summed E-state index contributed by atoms with van der Waals surface area (Å²) in [6.45, 7) is 2.26. The number of likely N-dealkylation sites (N-methyl/N-ethyl adjacent to an activating group) is 1. The van der Waals surface area contributed by atoms with Crippen LogP contribution in [-0.4, -0.2) is 44.6 Å². The molecule has 0 amide bonds. The van der Waals surface area contributed by atoms with Crippen LogP contribution in [0.3, 0.4) is 0 Å². The minimum atomic E-state index is -3.70. The molecule has 1 heterocycles. The Morgan fingerprint density at radius 3 is 2.76 bits per heavy atom. The summed E-state index contributed by atoms with van der Waals surface area (Å²) in [6, 6.07) is 2.66. The van der Waals surface area contributed by atoms with Crippen LogP contribution in [0.1, 0.15) is 24.0 Å². The van der Waals surface area contributed by atoms with Gasteiger partial charge in [-0.15, -0.1) is 0 Å². The monoisotopic (exact) mass is 316 g/mol. The van der Waals surface area contributed by atoms with E-state index in [9.17, 15) is 12.8 Å². The molecule has 0 radical (unpaired) electrons. The normalized spacial score (nSPS) is 20.1. The lowest BCUT2D eigenvalue weighted by atomic mass is 10.1. The quantitative estimate of drug-likeness (QED) is 0.850. The Morgan fingerprint density at radius 1 is 1.48 bits per heavy atom. The van der Waals surface area contributed by atoms with Gasteiger partial charge in [-0.2, -0.15) is 0 Å². The molecule has 0 bridgehead atoms. The van der Waals surface area contributed by atoms with E-state index in [4.69, 9.17) is 5.11 Å². The lowest BCUT2D eigenvalue weighted by Gasteiger charge is -2.20. The topological polar surface area (TPSA) is 69.6 Å². The lowest BCUT2D eigenvalue weighted by molar-refractivity contribution is 0.275. The van der Waals surface area contributed by atoms with Gasteiger partial charge in [0.2, 0.25) is 10.0 Å². The summed E-state index contributed by atoms with van der Waals surface area (Å²) >= 11 is 0. The van der Waals surface area contributed by atoms with Crippen LogP contribution in [0.25, 0.3) is 0 Å². The number of aliphatic hydroxyl groups excluding tert-OH is 1. The van der Waals surface area contributed by atoms with Crippen molar-refractivity contribution in [3.05, 3.63) is 29.1 Å². The number of benzene rings is 1. The third-order valence-electron chi connectivity index (χ3n) is 3.96. The van der Waals surface area contributed by atoms with Crippen LogP contribution < -0.4 is 4.72 Å². The number of rotatable bonds is 5. The Kier molecular flexibility index (Phi) is 4.98. The van der Waals surface area contributed by atoms with Gasteiger partial charge in [0.05, 0.1) is 11.5 Å². The first-order chi connectivity index (χ1) is 9.85. The second-order valence-corrected chi connectivity index (χ2v) is 7.27. The molecule has 1 saturated heterocycles. The molecule has 0 aliphatic carbocycles. The molecule has 0 aromatic heterocycles. The number of hydrogen-bond donors (Lipinski definition) is 2. The predicted octanol–water partition coefficient (Wildman–Crippen LogP) is 0.999.